The molecule has 17 aromatic carbocycles. The van der Waals surface area contributed by atoms with Gasteiger partial charge < -0.3 is 32.7 Å². The summed E-state index contributed by atoms with van der Waals surface area (Å²) in [5.41, 5.74) is 18.5. The first kappa shape index (κ1) is 82.2. The van der Waals surface area contributed by atoms with Crippen molar-refractivity contribution in [3.63, 3.8) is 0 Å². The number of rotatable bonds is 9. The number of fused-ring (bicyclic) bond motifs is 18. The molecule has 125 heavy (non-hydrogen) atoms. The Bertz CT molecular complexity index is 8020. The molecule has 0 unspecified atom stereocenters. The number of hydrogen-bond acceptors (Lipinski definition) is 7. The van der Waals surface area contributed by atoms with Crippen molar-refractivity contribution in [1.82, 2.24) is 13.7 Å². The van der Waals surface area contributed by atoms with E-state index in [0.717, 1.165) is 25.1 Å². The van der Waals surface area contributed by atoms with Crippen LogP contribution in [0.1, 0.15) is 27.7 Å². The molecule has 1 radical (unpaired) electrons. The Balaban J connectivity index is 0.000000105. The Labute approximate surface area is 776 Å². The van der Waals surface area contributed by atoms with Crippen molar-refractivity contribution in [2.75, 3.05) is 0 Å². The second-order valence-corrected chi connectivity index (χ2v) is 39.1. The third kappa shape index (κ3) is 16.2. The third-order valence-electron chi connectivity index (χ3n) is 23.8. The van der Waals surface area contributed by atoms with Gasteiger partial charge in [-0.25, -0.2) is 0 Å². The molecule has 1 aliphatic heterocycles. The van der Waals surface area contributed by atoms with Gasteiger partial charge in [-0.1, -0.05) is 249 Å². The maximum absolute atomic E-state index is 8.21. The molecule has 1 saturated heterocycles. The minimum atomic E-state index is -0.364. The Morgan fingerprint density at radius 3 is 1.08 bits per heavy atom. The number of benzene rings is 17. The molecule has 1 aliphatic rings. The van der Waals surface area contributed by atoms with Crippen molar-refractivity contribution < 1.29 is 19.0 Å². The normalized spacial score (nSPS) is 12.9. The summed E-state index contributed by atoms with van der Waals surface area (Å²) in [5.74, 6) is 0.562. The molecule has 24 rings (SSSR count). The van der Waals surface area contributed by atoms with Gasteiger partial charge in [-0.05, 0) is 271 Å². The molecule has 23 aromatic rings. The summed E-state index contributed by atoms with van der Waals surface area (Å²) in [4.78, 5) is 0. The van der Waals surface area contributed by atoms with E-state index in [-0.39, 0.29) is 18.3 Å². The van der Waals surface area contributed by atoms with Crippen molar-refractivity contribution in [3.8, 4) is 56.2 Å². The highest BCUT2D eigenvalue weighted by Crippen LogP contribution is 2.45. The number of halogens is 5. The molecule has 605 valence electrons. The van der Waals surface area contributed by atoms with Gasteiger partial charge in [0.25, 0.3) is 0 Å². The van der Waals surface area contributed by atoms with Crippen molar-refractivity contribution in [2.45, 2.75) is 38.9 Å². The summed E-state index contributed by atoms with van der Waals surface area (Å²) in [6.07, 6.45) is 0. The molecule has 0 bridgehead atoms. The lowest BCUT2D eigenvalue weighted by Gasteiger charge is -2.32. The van der Waals surface area contributed by atoms with Crippen LogP contribution in [0.3, 0.4) is 0 Å². The first-order chi connectivity index (χ1) is 60.9. The van der Waals surface area contributed by atoms with E-state index < -0.39 is 0 Å². The minimum Gasteiger partial charge on any atom is -0.537 e. The van der Waals surface area contributed by atoms with Gasteiger partial charge in [0, 0.05) is 132 Å². The zero-order valence-electron chi connectivity index (χ0n) is 68.1. The molecule has 0 atom stereocenters. The van der Waals surface area contributed by atoms with Crippen LogP contribution in [0.5, 0.6) is 5.75 Å². The smallest absolute Gasteiger partial charge is 0.537 e. The lowest BCUT2D eigenvalue weighted by Crippen LogP contribution is -2.41. The first-order valence-corrected chi connectivity index (χ1v) is 46.9. The average molecular weight is 1950 g/mol. The molecule has 1 fully saturated rings. The summed E-state index contributed by atoms with van der Waals surface area (Å²) in [6.45, 7) is 8.36. The molecule has 7 heterocycles. The fourth-order valence-corrected chi connectivity index (χ4v) is 22.1. The van der Waals surface area contributed by atoms with Crippen molar-refractivity contribution in [1.29, 1.82) is 0 Å². The number of aromatic nitrogens is 3. The van der Waals surface area contributed by atoms with E-state index in [1.807, 2.05) is 52.2 Å². The summed E-state index contributed by atoms with van der Waals surface area (Å²) in [5, 5.41) is 25.2. The van der Waals surface area contributed by atoms with Gasteiger partial charge in [0.2, 0.25) is 0 Å². The predicted molar refractivity (Wildman–Crippen MR) is 553 cm³/mol. The van der Waals surface area contributed by atoms with Crippen molar-refractivity contribution in [3.05, 3.63) is 399 Å². The van der Waals surface area contributed by atoms with Crippen LogP contribution in [0.25, 0.3) is 176 Å². The van der Waals surface area contributed by atoms with Gasteiger partial charge in [0.05, 0.1) is 44.3 Å². The molecule has 7 nitrogen and oxygen atoms in total. The monoisotopic (exact) mass is 1950 g/mol. The number of thiophene rings is 3. The van der Waals surface area contributed by atoms with Crippen LogP contribution in [-0.4, -0.2) is 44.7 Å². The van der Waals surface area contributed by atoms with E-state index in [4.69, 9.17) is 37.5 Å². The van der Waals surface area contributed by atoms with Crippen LogP contribution in [0.15, 0.2) is 385 Å². The van der Waals surface area contributed by atoms with E-state index in [1.54, 1.807) is 24.3 Å². The summed E-state index contributed by atoms with van der Waals surface area (Å²) in [7, 11) is 0.264. The molecule has 17 heteroatoms. The van der Waals surface area contributed by atoms with Crippen molar-refractivity contribution in [2.24, 2.45) is 0 Å². The van der Waals surface area contributed by atoms with Crippen LogP contribution in [0.4, 0.5) is 0 Å². The predicted octanol–water partition coefficient (Wildman–Crippen LogP) is 32.5. The molecule has 0 amide bonds. The van der Waals surface area contributed by atoms with Gasteiger partial charge in [-0.2, -0.15) is 0 Å². The van der Waals surface area contributed by atoms with E-state index >= 15 is 0 Å². The van der Waals surface area contributed by atoms with E-state index in [1.165, 1.54) is 174 Å². The molecular weight excluding hydrogens is 1880 g/mol. The van der Waals surface area contributed by atoms with Crippen LogP contribution in [-0.2, 0) is 9.31 Å². The standard InChI is InChI=1S/C36H22ClNS.C30H18BrNS.C24H24BNO2.C12H6BrIS.C6H5BClO2/c37-27-15-10-23(11-16-27)26-13-18-31-32-20-24(14-19-35(32)39-36(31)22-26)25-12-17-30-29-8-4-5-9-33(29)38(34(30)21-25)28-6-2-1-3-7-28;31-21-12-14-25-26-16-19(11-15-29(26)33-30(25)18-21)20-10-13-24-23-8-4-5-9-27(23)32(28(24)17-20)22-6-2-1-3-7-22;1-23(2)24(3,4)28-25(27-23)17-14-15-20-19-12-8-9-13-21(19)26(22(20)16-17)18-10-6-5-7-11-18;13-7-1-3-9-10-6-8(14)2-4-11(10)15-12(9)5-7;8-5-1-3-6(4-2-5)10-7-9/h1-22H;1-18H;5-16H,1-4H3;1-6H;1-4,9H. The minimum absolute atomic E-state index is 0.348. The maximum Gasteiger partial charge on any atom is 0.569 e. The second kappa shape index (κ2) is 34.7. The Kier molecular flexibility index (Phi) is 22.8. The molecule has 0 aliphatic carbocycles. The second-order valence-electron chi connectivity index (χ2n) is 31.9. The van der Waals surface area contributed by atoms with Gasteiger partial charge in [-0.15, -0.1) is 34.0 Å². The molecule has 6 aromatic heterocycles. The van der Waals surface area contributed by atoms with Crippen LogP contribution in [0.2, 0.25) is 10.0 Å². The van der Waals surface area contributed by atoms with Crippen LogP contribution < -0.4 is 10.1 Å². The molecular formula is C108H75B2Br2Cl2IN3O4S3. The lowest BCUT2D eigenvalue weighted by molar-refractivity contribution is 0.00578. The van der Waals surface area contributed by atoms with E-state index in [9.17, 15) is 0 Å². The molecule has 0 saturated carbocycles. The fourth-order valence-electron chi connectivity index (χ4n) is 17.0. The van der Waals surface area contributed by atoms with Gasteiger partial charge in [0.15, 0.2) is 0 Å². The number of nitrogens with zero attached hydrogens (tertiary/aromatic N) is 3. The van der Waals surface area contributed by atoms with Gasteiger partial charge in [0.1, 0.15) is 5.75 Å². The summed E-state index contributed by atoms with van der Waals surface area (Å²) >= 11 is 26.7. The SMILES string of the molecule is Brc1ccc2c(c1)sc1ccc(-c3ccc4c5ccccc5n(-c5ccccc5)c4c3)cc12.Brc1ccc2c(c1)sc1ccc(I)cc12.CC1(C)OB(c2ccc3c4ccccc4n(-c4ccccc4)c3c2)OC1(C)C.Clc1ccc(-c2ccc3c(c2)sc2ccc(-c4ccc5c6ccccc6n(-c6ccccc6)c5c4)cc23)cc1.O[B]Oc1ccc(Cl)cc1. The summed E-state index contributed by atoms with van der Waals surface area (Å²) in [6, 6.07) is 133. The molecule has 1 N–H and O–H groups in total. The van der Waals surface area contributed by atoms with Crippen LogP contribution >= 0.6 is 112 Å². The summed E-state index contributed by atoms with van der Waals surface area (Å²) < 4.78 is 35.8. The highest BCUT2D eigenvalue weighted by molar-refractivity contribution is 14.1. The fraction of sp³-hybridized carbons (Fsp3) is 0.0556. The first-order valence-electron chi connectivity index (χ1n) is 41.0. The van der Waals surface area contributed by atoms with Crippen molar-refractivity contribution >= 4 is 258 Å². The highest BCUT2D eigenvalue weighted by atomic mass is 127. The van der Waals surface area contributed by atoms with Crippen LogP contribution in [0, 0.1) is 3.57 Å². The maximum atomic E-state index is 8.21. The highest BCUT2D eigenvalue weighted by Gasteiger charge is 2.52. The van der Waals surface area contributed by atoms with Gasteiger partial charge in [-0.3, -0.25) is 0 Å². The largest absolute Gasteiger partial charge is 0.569 e. The zero-order valence-corrected chi connectivity index (χ0v) is 77.4. The number of hydrogen-bond donors (Lipinski definition) is 1. The van der Waals surface area contributed by atoms with E-state index in [0.29, 0.717) is 18.5 Å². The average Bonchev–Trinajstić information content (AvgIpc) is 1.59. The topological polar surface area (TPSA) is 62.7 Å². The quantitative estimate of drug-likeness (QED) is 0.116. The number of para-hydroxylation sites is 6. The zero-order chi connectivity index (χ0) is 85.2. The molecule has 0 spiro atoms. The lowest BCUT2D eigenvalue weighted by atomic mass is 9.79. The Morgan fingerprint density at radius 1 is 0.312 bits per heavy atom. The van der Waals surface area contributed by atoms with Gasteiger partial charge >= 0.3 is 14.8 Å². The Morgan fingerprint density at radius 2 is 0.640 bits per heavy atom. The third-order valence-corrected chi connectivity index (χ3v) is 29.3. The Hall–Kier alpha value is -11.1. The van der Waals surface area contributed by atoms with E-state index in [2.05, 4.69) is 434 Å².